The molecular formula is C53H36BNO2. The number of hydrogen-bond acceptors (Lipinski definition) is 3. The van der Waals surface area contributed by atoms with E-state index in [1.807, 2.05) is 0 Å². The lowest BCUT2D eigenvalue weighted by Crippen LogP contribution is -2.57. The molecule has 1 aliphatic carbocycles. The van der Waals surface area contributed by atoms with Gasteiger partial charge in [0.05, 0.1) is 5.69 Å². The fourth-order valence-corrected chi connectivity index (χ4v) is 9.89. The molecule has 9 aromatic carbocycles. The van der Waals surface area contributed by atoms with Gasteiger partial charge in [0, 0.05) is 27.6 Å². The second-order valence-electron chi connectivity index (χ2n) is 16.0. The molecule has 0 spiro atoms. The van der Waals surface area contributed by atoms with E-state index in [9.17, 15) is 0 Å². The molecule has 0 radical (unpaired) electrons. The van der Waals surface area contributed by atoms with Gasteiger partial charge in [0.1, 0.15) is 23.0 Å². The molecule has 12 rings (SSSR count). The zero-order valence-electron chi connectivity index (χ0n) is 31.7. The van der Waals surface area contributed by atoms with Gasteiger partial charge in [-0.25, -0.2) is 0 Å². The van der Waals surface area contributed by atoms with Gasteiger partial charge in [-0.3, -0.25) is 0 Å². The molecule has 0 atom stereocenters. The van der Waals surface area contributed by atoms with Gasteiger partial charge in [0.2, 0.25) is 0 Å². The highest BCUT2D eigenvalue weighted by Gasteiger charge is 2.45. The summed E-state index contributed by atoms with van der Waals surface area (Å²) in [6.07, 6.45) is 0. The molecule has 268 valence electrons. The van der Waals surface area contributed by atoms with E-state index in [0.29, 0.717) is 0 Å². The van der Waals surface area contributed by atoms with Gasteiger partial charge in [-0.05, 0) is 115 Å². The molecule has 0 saturated heterocycles. The Bertz CT molecular complexity index is 3060. The zero-order valence-corrected chi connectivity index (χ0v) is 31.7. The highest BCUT2D eigenvalue weighted by Crippen LogP contribution is 2.55. The van der Waals surface area contributed by atoms with E-state index < -0.39 is 0 Å². The minimum Gasteiger partial charge on any atom is -0.458 e. The number of rotatable bonds is 4. The highest BCUT2D eigenvalue weighted by molar-refractivity contribution is 6.99. The van der Waals surface area contributed by atoms with Crippen molar-refractivity contribution in [3.05, 3.63) is 193 Å². The molecule has 3 aliphatic rings. The van der Waals surface area contributed by atoms with Gasteiger partial charge in [-0.15, -0.1) is 0 Å². The summed E-state index contributed by atoms with van der Waals surface area (Å²) in [5.41, 5.74) is 13.9. The number of ether oxygens (including phenoxy) is 2. The van der Waals surface area contributed by atoms with Crippen LogP contribution in [0.15, 0.2) is 182 Å². The number of hydrogen-bond donors (Lipinski definition) is 0. The molecule has 4 heteroatoms. The summed E-state index contributed by atoms with van der Waals surface area (Å²) in [7, 11) is 0. The minimum absolute atomic E-state index is 0.0674. The van der Waals surface area contributed by atoms with Crippen LogP contribution in [0.25, 0.3) is 43.8 Å². The van der Waals surface area contributed by atoms with Gasteiger partial charge in [0.25, 0.3) is 6.71 Å². The van der Waals surface area contributed by atoms with Crippen LogP contribution in [0.5, 0.6) is 23.0 Å². The molecule has 2 aliphatic heterocycles. The molecular weight excluding hydrogens is 693 g/mol. The summed E-state index contributed by atoms with van der Waals surface area (Å²) in [5.74, 6) is 3.50. The summed E-state index contributed by atoms with van der Waals surface area (Å²) in [6, 6.07) is 65.5. The Morgan fingerprint density at radius 2 is 1.05 bits per heavy atom. The van der Waals surface area contributed by atoms with Gasteiger partial charge >= 0.3 is 0 Å². The second kappa shape index (κ2) is 12.0. The first kappa shape index (κ1) is 32.2. The molecule has 0 N–H and O–H groups in total. The van der Waals surface area contributed by atoms with Gasteiger partial charge < -0.3 is 14.4 Å². The fourth-order valence-electron chi connectivity index (χ4n) is 9.89. The molecule has 9 aromatic rings. The van der Waals surface area contributed by atoms with Crippen LogP contribution in [0.1, 0.15) is 25.0 Å². The highest BCUT2D eigenvalue weighted by atomic mass is 16.5. The van der Waals surface area contributed by atoms with Gasteiger partial charge in [-0.2, -0.15) is 0 Å². The van der Waals surface area contributed by atoms with E-state index in [1.165, 1.54) is 60.4 Å². The van der Waals surface area contributed by atoms with Crippen molar-refractivity contribution in [1.82, 2.24) is 0 Å². The predicted octanol–water partition coefficient (Wildman–Crippen LogP) is 12.2. The maximum atomic E-state index is 7.12. The predicted molar refractivity (Wildman–Crippen MR) is 237 cm³/mol. The van der Waals surface area contributed by atoms with Crippen molar-refractivity contribution in [3.63, 3.8) is 0 Å². The van der Waals surface area contributed by atoms with E-state index in [2.05, 4.69) is 201 Å². The van der Waals surface area contributed by atoms with Crippen LogP contribution < -0.4 is 30.8 Å². The monoisotopic (exact) mass is 729 g/mol. The first-order valence-electron chi connectivity index (χ1n) is 19.8. The quantitative estimate of drug-likeness (QED) is 0.168. The molecule has 57 heavy (non-hydrogen) atoms. The number of anilines is 3. The summed E-state index contributed by atoms with van der Waals surface area (Å²) in [6.45, 7) is 4.71. The SMILES string of the molecule is CC1(C)c2cc3c(cc2-c2c1cc(N(c1ccccc1)c1ccccc1)c1ccccc21)Oc1cc(-c2ccccc2)cc2c1B3c1c(ccc3ccccc13)O2. The summed E-state index contributed by atoms with van der Waals surface area (Å²) >= 11 is 0. The van der Waals surface area contributed by atoms with E-state index in [1.54, 1.807) is 0 Å². The summed E-state index contributed by atoms with van der Waals surface area (Å²) in [5, 5.41) is 4.85. The van der Waals surface area contributed by atoms with Crippen molar-refractivity contribution in [1.29, 1.82) is 0 Å². The lowest BCUT2D eigenvalue weighted by Gasteiger charge is -2.35. The Balaban J connectivity index is 1.11. The van der Waals surface area contributed by atoms with E-state index in [-0.39, 0.29) is 12.1 Å². The van der Waals surface area contributed by atoms with Crippen molar-refractivity contribution >= 4 is 61.7 Å². The maximum Gasteiger partial charge on any atom is 0.261 e. The maximum absolute atomic E-state index is 7.12. The van der Waals surface area contributed by atoms with Crippen LogP contribution in [0.3, 0.4) is 0 Å². The number of benzene rings is 9. The van der Waals surface area contributed by atoms with Crippen LogP contribution in [-0.4, -0.2) is 6.71 Å². The lowest BCUT2D eigenvalue weighted by molar-refractivity contribution is 0.465. The minimum atomic E-state index is -0.301. The van der Waals surface area contributed by atoms with Gasteiger partial charge in [0.15, 0.2) is 0 Å². The van der Waals surface area contributed by atoms with Crippen LogP contribution in [-0.2, 0) is 5.41 Å². The third kappa shape index (κ3) is 4.68. The Kier molecular flexibility index (Phi) is 6.77. The first-order chi connectivity index (χ1) is 28.0. The molecule has 0 bridgehead atoms. The molecule has 0 amide bonds. The van der Waals surface area contributed by atoms with E-state index in [0.717, 1.165) is 51.0 Å². The van der Waals surface area contributed by atoms with Crippen molar-refractivity contribution in [2.24, 2.45) is 0 Å². The van der Waals surface area contributed by atoms with Crippen LogP contribution in [0, 0.1) is 0 Å². The van der Waals surface area contributed by atoms with Crippen LogP contribution >= 0.6 is 0 Å². The summed E-state index contributed by atoms with van der Waals surface area (Å²) < 4.78 is 14.0. The number of nitrogens with zero attached hydrogens (tertiary/aromatic N) is 1. The second-order valence-corrected chi connectivity index (χ2v) is 16.0. The lowest BCUT2D eigenvalue weighted by atomic mass is 9.34. The number of fused-ring (bicyclic) bond motifs is 11. The van der Waals surface area contributed by atoms with Crippen molar-refractivity contribution in [2.75, 3.05) is 4.90 Å². The standard InChI is InChI=1S/C53H36BNO2/c1-53(2)42-31-44-47(30-41(42)50-40-25-15-14-24-39(40)45(32-43(50)53)55(36-19-8-4-9-20-36)37-21-10-5-11-22-37)57-49-29-35(33-16-6-3-7-17-33)28-48-52(49)54(44)51-38-23-13-12-18-34(38)26-27-46(51)56-48/h3-32H,1-2H3. The molecule has 2 heterocycles. The van der Waals surface area contributed by atoms with Crippen molar-refractivity contribution in [3.8, 4) is 45.3 Å². The Labute approximate surface area is 332 Å². The van der Waals surface area contributed by atoms with Crippen molar-refractivity contribution in [2.45, 2.75) is 19.3 Å². The summed E-state index contributed by atoms with van der Waals surface area (Å²) in [4.78, 5) is 2.41. The first-order valence-corrected chi connectivity index (χ1v) is 19.8. The third-order valence-corrected chi connectivity index (χ3v) is 12.5. The van der Waals surface area contributed by atoms with E-state index in [4.69, 9.17) is 9.47 Å². The average molecular weight is 730 g/mol. The topological polar surface area (TPSA) is 21.7 Å². The zero-order chi connectivity index (χ0) is 37.8. The Hall–Kier alpha value is -7.04. The fraction of sp³-hybridized carbons (Fsp3) is 0.0566. The Morgan fingerprint density at radius 1 is 0.456 bits per heavy atom. The molecule has 0 saturated carbocycles. The molecule has 0 unspecified atom stereocenters. The molecule has 3 nitrogen and oxygen atoms in total. The van der Waals surface area contributed by atoms with Crippen molar-refractivity contribution < 1.29 is 9.47 Å². The van der Waals surface area contributed by atoms with Crippen LogP contribution in [0.4, 0.5) is 17.1 Å². The van der Waals surface area contributed by atoms with E-state index >= 15 is 0 Å². The smallest absolute Gasteiger partial charge is 0.261 e. The normalized spacial score (nSPS) is 13.8. The molecule has 0 fully saturated rings. The third-order valence-electron chi connectivity index (χ3n) is 12.5. The Morgan fingerprint density at radius 3 is 1.75 bits per heavy atom. The van der Waals surface area contributed by atoms with Crippen LogP contribution in [0.2, 0.25) is 0 Å². The largest absolute Gasteiger partial charge is 0.458 e. The van der Waals surface area contributed by atoms with Gasteiger partial charge in [-0.1, -0.05) is 141 Å². The number of para-hydroxylation sites is 2. The average Bonchev–Trinajstić information content (AvgIpc) is 3.48. The molecule has 0 aromatic heterocycles.